The number of nitrogens with one attached hydrogen (secondary N) is 1. The Morgan fingerprint density at radius 3 is 2.61 bits per heavy atom. The van der Waals surface area contributed by atoms with E-state index in [9.17, 15) is 4.79 Å². The zero-order valence-electron chi connectivity index (χ0n) is 10.7. The zero-order valence-corrected chi connectivity index (χ0v) is 10.7. The zero-order chi connectivity index (χ0) is 12.6. The number of carbonyl (C=O) groups is 1. The van der Waals surface area contributed by atoms with E-state index in [4.69, 9.17) is 4.74 Å². The molecule has 1 aliphatic rings. The Bertz CT molecular complexity index is 345. The molecule has 0 unspecified atom stereocenters. The summed E-state index contributed by atoms with van der Waals surface area (Å²) >= 11 is 0. The highest BCUT2D eigenvalue weighted by atomic mass is 16.5. The van der Waals surface area contributed by atoms with Crippen molar-refractivity contribution in [1.82, 2.24) is 14.8 Å². The number of morpholine rings is 1. The van der Waals surface area contributed by atoms with Gasteiger partial charge in [-0.25, -0.2) is 0 Å². The minimum Gasteiger partial charge on any atom is -0.379 e. The second-order valence-electron chi connectivity index (χ2n) is 4.47. The summed E-state index contributed by atoms with van der Waals surface area (Å²) in [6.45, 7) is 5.95. The molecule has 100 valence electrons. The van der Waals surface area contributed by atoms with E-state index in [1.54, 1.807) is 0 Å². The number of ether oxygens (including phenoxy) is 1. The summed E-state index contributed by atoms with van der Waals surface area (Å²) in [4.78, 5) is 13.9. The van der Waals surface area contributed by atoms with Crippen molar-refractivity contribution in [3.05, 3.63) is 24.5 Å². The third kappa shape index (κ3) is 4.50. The monoisotopic (exact) mass is 251 g/mol. The lowest BCUT2D eigenvalue weighted by atomic mass is 10.3. The van der Waals surface area contributed by atoms with Crippen molar-refractivity contribution < 1.29 is 9.53 Å². The van der Waals surface area contributed by atoms with E-state index in [1.807, 2.05) is 29.1 Å². The molecule has 0 spiro atoms. The van der Waals surface area contributed by atoms with Crippen molar-refractivity contribution in [2.45, 2.75) is 13.0 Å². The van der Waals surface area contributed by atoms with E-state index >= 15 is 0 Å². The molecule has 5 nitrogen and oxygen atoms in total. The van der Waals surface area contributed by atoms with Crippen LogP contribution < -0.4 is 5.32 Å². The minimum atomic E-state index is 0.122. The first-order valence-electron chi connectivity index (χ1n) is 6.52. The highest BCUT2D eigenvalue weighted by Crippen LogP contribution is 1.95. The molecular formula is C13H21N3O2. The van der Waals surface area contributed by atoms with E-state index < -0.39 is 0 Å². The van der Waals surface area contributed by atoms with Crippen molar-refractivity contribution in [1.29, 1.82) is 0 Å². The van der Waals surface area contributed by atoms with Crippen molar-refractivity contribution in [3.63, 3.8) is 0 Å². The van der Waals surface area contributed by atoms with Gasteiger partial charge in [0, 0.05) is 51.5 Å². The van der Waals surface area contributed by atoms with Crippen LogP contribution >= 0.6 is 0 Å². The molecule has 1 aliphatic heterocycles. The number of carbonyl (C=O) groups excluding carboxylic acids is 1. The van der Waals surface area contributed by atoms with Gasteiger partial charge in [-0.1, -0.05) is 0 Å². The first-order chi connectivity index (χ1) is 8.84. The largest absolute Gasteiger partial charge is 0.379 e. The maximum Gasteiger partial charge on any atom is 0.221 e. The molecule has 0 aliphatic carbocycles. The average molecular weight is 251 g/mol. The summed E-state index contributed by atoms with van der Waals surface area (Å²) in [5.41, 5.74) is 0. The lowest BCUT2D eigenvalue weighted by Crippen LogP contribution is -2.41. The van der Waals surface area contributed by atoms with E-state index in [0.717, 1.165) is 45.9 Å². The van der Waals surface area contributed by atoms with Crippen LogP contribution in [-0.4, -0.2) is 54.8 Å². The highest BCUT2D eigenvalue weighted by molar-refractivity contribution is 5.75. The number of rotatable bonds is 6. The van der Waals surface area contributed by atoms with Gasteiger partial charge in [0.25, 0.3) is 0 Å². The summed E-state index contributed by atoms with van der Waals surface area (Å²) in [7, 11) is 0. The minimum absolute atomic E-state index is 0.122. The fraction of sp³-hybridized carbons (Fsp3) is 0.615. The summed E-state index contributed by atoms with van der Waals surface area (Å²) < 4.78 is 7.29. The number of amides is 1. The van der Waals surface area contributed by atoms with Crippen LogP contribution in [0.25, 0.3) is 0 Å². The molecule has 5 heteroatoms. The molecule has 1 saturated heterocycles. The molecule has 1 fully saturated rings. The van der Waals surface area contributed by atoms with Crippen LogP contribution in [0.4, 0.5) is 0 Å². The molecule has 1 amide bonds. The van der Waals surface area contributed by atoms with E-state index in [0.29, 0.717) is 6.42 Å². The maximum atomic E-state index is 11.6. The Labute approximate surface area is 108 Å². The van der Waals surface area contributed by atoms with Crippen molar-refractivity contribution >= 4 is 5.91 Å². The average Bonchev–Trinajstić information content (AvgIpc) is 2.91. The van der Waals surface area contributed by atoms with Gasteiger partial charge >= 0.3 is 0 Å². The number of aryl methyl sites for hydroxylation is 1. The summed E-state index contributed by atoms with van der Waals surface area (Å²) in [6.07, 6.45) is 4.49. The van der Waals surface area contributed by atoms with Crippen LogP contribution in [-0.2, 0) is 16.1 Å². The molecule has 0 aromatic carbocycles. The molecule has 0 saturated carbocycles. The Hall–Kier alpha value is -1.33. The van der Waals surface area contributed by atoms with Crippen LogP contribution in [0.3, 0.4) is 0 Å². The fourth-order valence-electron chi connectivity index (χ4n) is 2.02. The van der Waals surface area contributed by atoms with Gasteiger partial charge in [0.1, 0.15) is 0 Å². The van der Waals surface area contributed by atoms with Crippen molar-refractivity contribution in [2.24, 2.45) is 0 Å². The van der Waals surface area contributed by atoms with Gasteiger partial charge in [0.15, 0.2) is 0 Å². The predicted molar refractivity (Wildman–Crippen MR) is 69.3 cm³/mol. The Balaban J connectivity index is 1.54. The summed E-state index contributed by atoms with van der Waals surface area (Å²) in [6, 6.07) is 3.94. The number of hydrogen-bond donors (Lipinski definition) is 1. The summed E-state index contributed by atoms with van der Waals surface area (Å²) in [5, 5.41) is 2.96. The number of nitrogens with zero attached hydrogens (tertiary/aromatic N) is 2. The Kier molecular flexibility index (Phi) is 5.23. The second-order valence-corrected chi connectivity index (χ2v) is 4.47. The van der Waals surface area contributed by atoms with Gasteiger partial charge in [-0.2, -0.15) is 0 Å². The maximum absolute atomic E-state index is 11.6. The van der Waals surface area contributed by atoms with Crippen LogP contribution in [0.5, 0.6) is 0 Å². The van der Waals surface area contributed by atoms with Gasteiger partial charge < -0.3 is 14.6 Å². The summed E-state index contributed by atoms with van der Waals surface area (Å²) in [5.74, 6) is 0.122. The first kappa shape index (κ1) is 13.1. The Morgan fingerprint density at radius 1 is 1.17 bits per heavy atom. The van der Waals surface area contributed by atoms with Gasteiger partial charge in [0.2, 0.25) is 5.91 Å². The smallest absolute Gasteiger partial charge is 0.221 e. The molecule has 0 bridgehead atoms. The van der Waals surface area contributed by atoms with Gasteiger partial charge in [-0.05, 0) is 12.1 Å². The SMILES string of the molecule is O=C(CCn1cccc1)NCCN1CCOCC1. The fourth-order valence-corrected chi connectivity index (χ4v) is 2.02. The van der Waals surface area contributed by atoms with Crippen LogP contribution in [0, 0.1) is 0 Å². The van der Waals surface area contributed by atoms with Crippen molar-refractivity contribution in [2.75, 3.05) is 39.4 Å². The third-order valence-electron chi connectivity index (χ3n) is 3.12. The van der Waals surface area contributed by atoms with Crippen LogP contribution in [0.2, 0.25) is 0 Å². The molecular weight excluding hydrogens is 230 g/mol. The lowest BCUT2D eigenvalue weighted by Gasteiger charge is -2.26. The molecule has 18 heavy (non-hydrogen) atoms. The molecule has 1 N–H and O–H groups in total. The van der Waals surface area contributed by atoms with Crippen molar-refractivity contribution in [3.8, 4) is 0 Å². The lowest BCUT2D eigenvalue weighted by molar-refractivity contribution is -0.121. The molecule has 2 heterocycles. The van der Waals surface area contributed by atoms with Gasteiger partial charge in [-0.3, -0.25) is 9.69 Å². The standard InChI is InChI=1S/C13H21N3O2/c17-13(3-7-15-5-1-2-6-15)14-4-8-16-9-11-18-12-10-16/h1-2,5-6H,3-4,7-12H2,(H,14,17). The normalized spacial score (nSPS) is 16.7. The van der Waals surface area contributed by atoms with Gasteiger partial charge in [0.05, 0.1) is 13.2 Å². The van der Waals surface area contributed by atoms with E-state index in [-0.39, 0.29) is 5.91 Å². The predicted octanol–water partition coefficient (Wildman–Crippen LogP) is 0.327. The quantitative estimate of drug-likeness (QED) is 0.792. The molecule has 0 atom stereocenters. The van der Waals surface area contributed by atoms with E-state index in [2.05, 4.69) is 10.2 Å². The van der Waals surface area contributed by atoms with Gasteiger partial charge in [-0.15, -0.1) is 0 Å². The molecule has 2 rings (SSSR count). The molecule has 1 aromatic rings. The first-order valence-corrected chi connectivity index (χ1v) is 6.52. The second kappa shape index (κ2) is 7.18. The molecule has 0 radical (unpaired) electrons. The number of hydrogen-bond acceptors (Lipinski definition) is 3. The number of aromatic nitrogens is 1. The van der Waals surface area contributed by atoms with Crippen LogP contribution in [0.15, 0.2) is 24.5 Å². The molecule has 1 aromatic heterocycles. The third-order valence-corrected chi connectivity index (χ3v) is 3.12. The van der Waals surface area contributed by atoms with Crippen LogP contribution in [0.1, 0.15) is 6.42 Å². The Morgan fingerprint density at radius 2 is 1.89 bits per heavy atom. The van der Waals surface area contributed by atoms with E-state index in [1.165, 1.54) is 0 Å². The highest BCUT2D eigenvalue weighted by Gasteiger charge is 2.09. The topological polar surface area (TPSA) is 46.5 Å².